The van der Waals surface area contributed by atoms with Gasteiger partial charge in [-0.2, -0.15) is 0 Å². The molecule has 0 radical (unpaired) electrons. The summed E-state index contributed by atoms with van der Waals surface area (Å²) in [5.74, 6) is 0.281. The third-order valence-corrected chi connectivity index (χ3v) is 8.69. The van der Waals surface area contributed by atoms with Gasteiger partial charge in [0.15, 0.2) is 0 Å². The van der Waals surface area contributed by atoms with E-state index in [4.69, 9.17) is 35.5 Å². The molecule has 2 saturated heterocycles. The van der Waals surface area contributed by atoms with Gasteiger partial charge in [-0.1, -0.05) is 12.2 Å². The van der Waals surface area contributed by atoms with Crippen LogP contribution in [0.15, 0.2) is 36.4 Å². The minimum atomic E-state index is -0.619. The second-order valence-corrected chi connectivity index (χ2v) is 12.2. The highest BCUT2D eigenvalue weighted by molar-refractivity contribution is 6.00. The van der Waals surface area contributed by atoms with Crippen molar-refractivity contribution in [1.82, 2.24) is 29.3 Å². The normalized spacial score (nSPS) is 15.4. The Morgan fingerprint density at radius 1 is 0.980 bits per heavy atom. The van der Waals surface area contributed by atoms with Gasteiger partial charge in [0.2, 0.25) is 29.6 Å². The van der Waals surface area contributed by atoms with Gasteiger partial charge in [-0.05, 0) is 30.7 Å². The summed E-state index contributed by atoms with van der Waals surface area (Å²) in [7, 11) is 3.26. The predicted molar refractivity (Wildman–Crippen MR) is 191 cm³/mol. The number of ether oxygens (including phenoxy) is 3. The van der Waals surface area contributed by atoms with Crippen LogP contribution in [0.5, 0.6) is 11.5 Å². The molecule has 17 nitrogen and oxygen atoms in total. The zero-order valence-corrected chi connectivity index (χ0v) is 29.0. The van der Waals surface area contributed by atoms with Crippen molar-refractivity contribution in [3.05, 3.63) is 47.5 Å². The first-order valence-corrected chi connectivity index (χ1v) is 16.4. The van der Waals surface area contributed by atoms with Gasteiger partial charge in [0.05, 0.1) is 31.4 Å². The monoisotopic (exact) mass is 704 g/mol. The standard InChI is InChI=1S/C33H42N10O6.CH2O/c1-20(44)38-32-40-23-13-21(29(34)45)15-25(47-3)27(23)43(32)10-5-4-9-42-28-24(39-31(42)36-2)14-22(30(35)46)16-26(28)48-11-6-8-41-18-33(19-41)17-37-7-12-49-33;1-2/h4-5,13-16,37H,6-12,17-19H2,1-3H3,(H2,34,45)(H2,35,46)(H,36,39)(H,38,40,44);1H2/b5-4+;. The molecule has 272 valence electrons. The number of nitrogens with two attached hydrogens (primary N) is 2. The van der Waals surface area contributed by atoms with Crippen molar-refractivity contribution >= 4 is 58.5 Å². The predicted octanol–water partition coefficient (Wildman–Crippen LogP) is 1.11. The van der Waals surface area contributed by atoms with Crippen LogP contribution in [0.3, 0.4) is 0 Å². The van der Waals surface area contributed by atoms with Crippen molar-refractivity contribution in [1.29, 1.82) is 0 Å². The maximum atomic E-state index is 12.2. The molecule has 0 unspecified atom stereocenters. The number of aromatic nitrogens is 4. The van der Waals surface area contributed by atoms with Crippen molar-refractivity contribution in [2.45, 2.75) is 32.0 Å². The first-order valence-electron chi connectivity index (χ1n) is 16.4. The van der Waals surface area contributed by atoms with E-state index >= 15 is 0 Å². The van der Waals surface area contributed by atoms with Gasteiger partial charge in [-0.25, -0.2) is 9.97 Å². The number of nitrogens with one attached hydrogen (secondary N) is 3. The number of hydrogen-bond donors (Lipinski definition) is 5. The Morgan fingerprint density at radius 2 is 1.57 bits per heavy atom. The molecule has 2 fully saturated rings. The second kappa shape index (κ2) is 16.0. The zero-order valence-electron chi connectivity index (χ0n) is 29.0. The fraction of sp³-hybridized carbons (Fsp3) is 0.412. The lowest BCUT2D eigenvalue weighted by Crippen LogP contribution is -2.69. The highest BCUT2D eigenvalue weighted by atomic mass is 16.5. The van der Waals surface area contributed by atoms with E-state index in [1.54, 1.807) is 35.9 Å². The van der Waals surface area contributed by atoms with Crippen LogP contribution in [0.4, 0.5) is 11.9 Å². The SMILES string of the molecule is C=O.CNc1nc2cc(C(N)=O)cc(OCCCN3CC4(CNCCO4)C3)c2n1C/C=C/Cn1c(NC(C)=O)nc2cc(C(N)=O)cc(OC)c21. The molecule has 6 rings (SSSR count). The fourth-order valence-electron chi connectivity index (χ4n) is 6.48. The van der Waals surface area contributed by atoms with Crippen LogP contribution in [0.25, 0.3) is 22.1 Å². The molecule has 0 atom stereocenters. The quantitative estimate of drug-likeness (QED) is 0.0920. The van der Waals surface area contributed by atoms with Crippen molar-refractivity contribution in [2.24, 2.45) is 11.5 Å². The fourth-order valence-corrected chi connectivity index (χ4v) is 6.48. The first kappa shape index (κ1) is 36.8. The van der Waals surface area contributed by atoms with E-state index in [1.165, 1.54) is 14.0 Å². The van der Waals surface area contributed by atoms with E-state index < -0.39 is 11.8 Å². The number of morpholine rings is 1. The van der Waals surface area contributed by atoms with Gasteiger partial charge in [-0.3, -0.25) is 24.6 Å². The number of rotatable bonds is 14. The summed E-state index contributed by atoms with van der Waals surface area (Å²) < 4.78 is 21.6. The lowest BCUT2D eigenvalue weighted by atomic mass is 9.92. The largest absolute Gasteiger partial charge is 0.494 e. The molecule has 2 aromatic carbocycles. The average Bonchev–Trinajstić information content (AvgIpc) is 3.65. The smallest absolute Gasteiger partial charge is 0.248 e. The molecule has 17 heteroatoms. The molecular formula is C34H44N10O7. The van der Waals surface area contributed by atoms with E-state index in [1.807, 2.05) is 23.5 Å². The molecule has 2 aliphatic heterocycles. The molecule has 1 spiro atoms. The molecule has 2 aromatic heterocycles. The number of carbonyl (C=O) groups is 4. The van der Waals surface area contributed by atoms with E-state index in [0.29, 0.717) is 65.2 Å². The molecule has 0 saturated carbocycles. The maximum absolute atomic E-state index is 12.2. The van der Waals surface area contributed by atoms with Gasteiger partial charge >= 0.3 is 0 Å². The van der Waals surface area contributed by atoms with Crippen LogP contribution >= 0.6 is 0 Å². The number of anilines is 2. The number of primary amides is 2. The number of allylic oxidation sites excluding steroid dienone is 2. The van der Waals surface area contributed by atoms with Crippen LogP contribution in [0.2, 0.25) is 0 Å². The Balaban J connectivity index is 0.00000248. The molecule has 2 aliphatic rings. The number of fused-ring (bicyclic) bond motifs is 2. The lowest BCUT2D eigenvalue weighted by molar-refractivity contribution is -0.156. The summed E-state index contributed by atoms with van der Waals surface area (Å²) in [5, 5.41) is 9.29. The lowest BCUT2D eigenvalue weighted by Gasteiger charge is -2.51. The van der Waals surface area contributed by atoms with Crippen LogP contribution in [-0.4, -0.2) is 114 Å². The minimum Gasteiger partial charge on any atom is -0.494 e. The van der Waals surface area contributed by atoms with Crippen molar-refractivity contribution in [3.8, 4) is 11.5 Å². The molecule has 4 aromatic rings. The van der Waals surface area contributed by atoms with Crippen molar-refractivity contribution in [3.63, 3.8) is 0 Å². The summed E-state index contributed by atoms with van der Waals surface area (Å²) in [5.41, 5.74) is 14.0. The molecule has 0 bridgehead atoms. The van der Waals surface area contributed by atoms with Gasteiger partial charge in [0.25, 0.3) is 0 Å². The summed E-state index contributed by atoms with van der Waals surface area (Å²) in [6, 6.07) is 6.43. The van der Waals surface area contributed by atoms with Crippen LogP contribution < -0.4 is 36.9 Å². The molecule has 51 heavy (non-hydrogen) atoms. The highest BCUT2D eigenvalue weighted by Crippen LogP contribution is 2.33. The Labute approximate surface area is 294 Å². The van der Waals surface area contributed by atoms with E-state index in [2.05, 4.69) is 25.8 Å². The number of likely N-dealkylation sites (tertiary alicyclic amines) is 1. The van der Waals surface area contributed by atoms with Gasteiger partial charge in [-0.15, -0.1) is 0 Å². The summed E-state index contributed by atoms with van der Waals surface area (Å²) >= 11 is 0. The average molecular weight is 705 g/mol. The topological polar surface area (TPSA) is 223 Å². The molecule has 3 amide bonds. The zero-order chi connectivity index (χ0) is 36.7. The Bertz CT molecular complexity index is 1940. The Hall–Kier alpha value is -5.52. The van der Waals surface area contributed by atoms with Crippen molar-refractivity contribution < 1.29 is 33.4 Å². The Morgan fingerprint density at radius 3 is 2.12 bits per heavy atom. The van der Waals surface area contributed by atoms with Gasteiger partial charge < -0.3 is 50.2 Å². The summed E-state index contributed by atoms with van der Waals surface area (Å²) in [4.78, 5) is 55.7. The molecule has 0 aliphatic carbocycles. The van der Waals surface area contributed by atoms with Crippen molar-refractivity contribution in [2.75, 3.05) is 70.7 Å². The second-order valence-electron chi connectivity index (χ2n) is 12.2. The number of nitrogens with zero attached hydrogens (tertiary/aromatic N) is 5. The number of imidazole rings is 2. The molecule has 4 heterocycles. The number of hydrogen-bond acceptors (Lipinski definition) is 12. The third-order valence-electron chi connectivity index (χ3n) is 8.69. The number of amides is 3. The van der Waals surface area contributed by atoms with Crippen LogP contribution in [0, 0.1) is 0 Å². The summed E-state index contributed by atoms with van der Waals surface area (Å²) in [6.45, 7) is 9.72. The first-order chi connectivity index (χ1) is 24.6. The number of benzene rings is 2. The van der Waals surface area contributed by atoms with Gasteiger partial charge in [0.1, 0.15) is 34.9 Å². The summed E-state index contributed by atoms with van der Waals surface area (Å²) in [6.07, 6.45) is 4.66. The number of carbonyl (C=O) groups excluding carboxylic acids is 4. The van der Waals surface area contributed by atoms with E-state index in [0.717, 1.165) is 51.3 Å². The van der Waals surface area contributed by atoms with Crippen LogP contribution in [-0.2, 0) is 27.4 Å². The van der Waals surface area contributed by atoms with Crippen LogP contribution in [0.1, 0.15) is 34.1 Å². The van der Waals surface area contributed by atoms with Gasteiger partial charge in [0, 0.05) is 70.9 Å². The highest BCUT2D eigenvalue weighted by Gasteiger charge is 2.44. The maximum Gasteiger partial charge on any atom is 0.248 e. The molecule has 7 N–H and O–H groups in total. The van der Waals surface area contributed by atoms with E-state index in [-0.39, 0.29) is 17.1 Å². The Kier molecular flexibility index (Phi) is 11.5. The molecular weight excluding hydrogens is 660 g/mol. The van der Waals surface area contributed by atoms with E-state index in [9.17, 15) is 14.4 Å². The minimum absolute atomic E-state index is 0.0678. The number of methoxy groups -OCH3 is 1. The third kappa shape index (κ3) is 7.95.